The highest BCUT2D eigenvalue weighted by Crippen LogP contribution is 2.28. The van der Waals surface area contributed by atoms with Gasteiger partial charge < -0.3 is 5.32 Å². The molecule has 1 aliphatic rings. The number of hydrogen-bond acceptors (Lipinski definition) is 5. The van der Waals surface area contributed by atoms with Crippen molar-refractivity contribution >= 4 is 38.5 Å². The van der Waals surface area contributed by atoms with Crippen molar-refractivity contribution in [2.45, 2.75) is 24.5 Å². The molecule has 28 heavy (non-hydrogen) atoms. The quantitative estimate of drug-likeness (QED) is 0.648. The van der Waals surface area contributed by atoms with Crippen molar-refractivity contribution in [3.05, 3.63) is 54.1 Å². The zero-order chi connectivity index (χ0) is 19.7. The van der Waals surface area contributed by atoms with Gasteiger partial charge >= 0.3 is 0 Å². The highest BCUT2D eigenvalue weighted by Gasteiger charge is 2.29. The van der Waals surface area contributed by atoms with Crippen molar-refractivity contribution in [3.63, 3.8) is 0 Å². The fraction of sp³-hybridized carbons (Fsp3) is 0.300. The summed E-state index contributed by atoms with van der Waals surface area (Å²) in [5.41, 5.74) is 4.02. The number of carbonyl (C=O) groups excluding carboxylic acids is 1. The standard InChI is InChI=1S/C20H21N3O3S2/c1-14-6-8-16(9-7-14)23-18-5-3-2-4-17(18)22-20(23)27-12-19(24)21-15-10-11-28(25,26)13-15/h2-9,15H,10-13H2,1H3,(H,21,24)/t15-/m0/s1. The van der Waals surface area contributed by atoms with Crippen LogP contribution >= 0.6 is 11.8 Å². The summed E-state index contributed by atoms with van der Waals surface area (Å²) in [6.07, 6.45) is 0.487. The molecule has 0 radical (unpaired) electrons. The molecule has 2 aromatic carbocycles. The van der Waals surface area contributed by atoms with Crippen LogP contribution in [0.5, 0.6) is 0 Å². The van der Waals surface area contributed by atoms with E-state index in [0.29, 0.717) is 6.42 Å². The lowest BCUT2D eigenvalue weighted by molar-refractivity contribution is -0.119. The third-order valence-corrected chi connectivity index (χ3v) is 7.46. The van der Waals surface area contributed by atoms with Gasteiger partial charge in [-0.15, -0.1) is 0 Å². The van der Waals surface area contributed by atoms with Gasteiger partial charge in [0, 0.05) is 11.7 Å². The van der Waals surface area contributed by atoms with E-state index >= 15 is 0 Å². The van der Waals surface area contributed by atoms with E-state index in [4.69, 9.17) is 0 Å². The molecule has 8 heteroatoms. The molecule has 0 bridgehead atoms. The molecule has 1 fully saturated rings. The molecule has 0 unspecified atom stereocenters. The minimum Gasteiger partial charge on any atom is -0.352 e. The van der Waals surface area contributed by atoms with Gasteiger partial charge in [0.2, 0.25) is 5.91 Å². The number of nitrogens with zero attached hydrogens (tertiary/aromatic N) is 2. The first kappa shape index (κ1) is 19.0. The SMILES string of the molecule is Cc1ccc(-n2c(SCC(=O)N[C@H]3CCS(=O)(=O)C3)nc3ccccc32)cc1. The topological polar surface area (TPSA) is 81.1 Å². The van der Waals surface area contributed by atoms with Gasteiger partial charge in [-0.25, -0.2) is 13.4 Å². The van der Waals surface area contributed by atoms with Gasteiger partial charge in [-0.2, -0.15) is 0 Å². The summed E-state index contributed by atoms with van der Waals surface area (Å²) in [6, 6.07) is 15.8. The molecular formula is C20H21N3O3S2. The van der Waals surface area contributed by atoms with Crippen LogP contribution in [-0.2, 0) is 14.6 Å². The second kappa shape index (κ2) is 7.60. The molecule has 2 heterocycles. The Bertz CT molecular complexity index is 1120. The molecule has 0 spiro atoms. The van der Waals surface area contributed by atoms with Gasteiger partial charge in [0.25, 0.3) is 0 Å². The van der Waals surface area contributed by atoms with Crippen molar-refractivity contribution in [1.29, 1.82) is 0 Å². The smallest absolute Gasteiger partial charge is 0.230 e. The molecular weight excluding hydrogens is 394 g/mol. The van der Waals surface area contributed by atoms with E-state index in [0.717, 1.165) is 21.9 Å². The van der Waals surface area contributed by atoms with Gasteiger partial charge in [-0.3, -0.25) is 9.36 Å². The van der Waals surface area contributed by atoms with Crippen LogP contribution in [0, 0.1) is 6.92 Å². The molecule has 1 saturated heterocycles. The normalized spacial score (nSPS) is 18.4. The number of carbonyl (C=O) groups is 1. The minimum atomic E-state index is -3.01. The lowest BCUT2D eigenvalue weighted by atomic mass is 10.2. The van der Waals surface area contributed by atoms with Gasteiger partial charge in [-0.1, -0.05) is 41.6 Å². The number of para-hydroxylation sites is 2. The zero-order valence-electron chi connectivity index (χ0n) is 15.5. The molecule has 0 saturated carbocycles. The van der Waals surface area contributed by atoms with Crippen LogP contribution in [0.25, 0.3) is 16.7 Å². The zero-order valence-corrected chi connectivity index (χ0v) is 17.1. The molecule has 0 aliphatic carbocycles. The predicted molar refractivity (Wildman–Crippen MR) is 112 cm³/mol. The van der Waals surface area contributed by atoms with E-state index in [9.17, 15) is 13.2 Å². The maximum atomic E-state index is 12.3. The number of sulfone groups is 1. The van der Waals surface area contributed by atoms with E-state index in [1.807, 2.05) is 60.0 Å². The number of benzene rings is 2. The molecule has 4 rings (SSSR count). The van der Waals surface area contributed by atoms with Crippen LogP contribution in [0.1, 0.15) is 12.0 Å². The van der Waals surface area contributed by atoms with Crippen molar-refractivity contribution in [2.24, 2.45) is 0 Å². The number of fused-ring (bicyclic) bond motifs is 1. The Labute approximate surface area is 168 Å². The fourth-order valence-corrected chi connectivity index (χ4v) is 5.86. The van der Waals surface area contributed by atoms with Gasteiger partial charge in [0.05, 0.1) is 28.3 Å². The van der Waals surface area contributed by atoms with E-state index in [2.05, 4.69) is 10.3 Å². The summed E-state index contributed by atoms with van der Waals surface area (Å²) in [7, 11) is -3.01. The summed E-state index contributed by atoms with van der Waals surface area (Å²) in [5.74, 6) is 0.195. The fourth-order valence-electron chi connectivity index (χ4n) is 3.35. The average Bonchev–Trinajstić information content (AvgIpc) is 3.20. The number of thioether (sulfide) groups is 1. The number of amides is 1. The molecule has 3 aromatic rings. The third-order valence-electron chi connectivity index (χ3n) is 4.75. The first-order chi connectivity index (χ1) is 13.4. The summed E-state index contributed by atoms with van der Waals surface area (Å²) in [6.45, 7) is 2.04. The molecule has 1 aromatic heterocycles. The van der Waals surface area contributed by atoms with Crippen molar-refractivity contribution in [3.8, 4) is 5.69 Å². The monoisotopic (exact) mass is 415 g/mol. The number of aromatic nitrogens is 2. The lowest BCUT2D eigenvalue weighted by Gasteiger charge is -2.12. The first-order valence-corrected chi connectivity index (χ1v) is 11.9. The van der Waals surface area contributed by atoms with E-state index in [1.165, 1.54) is 17.3 Å². The number of rotatable bonds is 5. The highest BCUT2D eigenvalue weighted by molar-refractivity contribution is 7.99. The van der Waals surface area contributed by atoms with Crippen molar-refractivity contribution in [1.82, 2.24) is 14.9 Å². The Morgan fingerprint density at radius 2 is 1.96 bits per heavy atom. The molecule has 6 nitrogen and oxygen atoms in total. The van der Waals surface area contributed by atoms with Crippen LogP contribution < -0.4 is 5.32 Å². The van der Waals surface area contributed by atoms with E-state index < -0.39 is 9.84 Å². The van der Waals surface area contributed by atoms with Crippen LogP contribution in [0.3, 0.4) is 0 Å². The van der Waals surface area contributed by atoms with Crippen LogP contribution in [0.4, 0.5) is 0 Å². The highest BCUT2D eigenvalue weighted by atomic mass is 32.2. The van der Waals surface area contributed by atoms with Crippen LogP contribution in [0.15, 0.2) is 53.7 Å². The third kappa shape index (κ3) is 4.07. The molecule has 146 valence electrons. The van der Waals surface area contributed by atoms with Gasteiger partial charge in [-0.05, 0) is 37.6 Å². The summed E-state index contributed by atoms with van der Waals surface area (Å²) < 4.78 is 25.2. The number of nitrogens with one attached hydrogen (secondary N) is 1. The van der Waals surface area contributed by atoms with E-state index in [1.54, 1.807) is 0 Å². The lowest BCUT2D eigenvalue weighted by Crippen LogP contribution is -2.36. The number of aryl methyl sites for hydroxylation is 1. The van der Waals surface area contributed by atoms with Crippen LogP contribution in [0.2, 0.25) is 0 Å². The molecule has 1 N–H and O–H groups in total. The molecule has 1 aliphatic heterocycles. The summed E-state index contributed by atoms with van der Waals surface area (Å²) in [4.78, 5) is 17.0. The second-order valence-electron chi connectivity index (χ2n) is 7.01. The van der Waals surface area contributed by atoms with Gasteiger partial charge in [0.15, 0.2) is 15.0 Å². The first-order valence-electron chi connectivity index (χ1n) is 9.08. The Morgan fingerprint density at radius 3 is 2.68 bits per heavy atom. The number of imidazole rings is 1. The van der Waals surface area contributed by atoms with Gasteiger partial charge in [0.1, 0.15) is 0 Å². The summed E-state index contributed by atoms with van der Waals surface area (Å²) >= 11 is 1.35. The summed E-state index contributed by atoms with van der Waals surface area (Å²) in [5, 5.41) is 3.56. The average molecular weight is 416 g/mol. The Kier molecular flexibility index (Phi) is 5.16. The van der Waals surface area contributed by atoms with Crippen LogP contribution in [-0.4, -0.2) is 47.2 Å². The maximum Gasteiger partial charge on any atom is 0.230 e. The largest absolute Gasteiger partial charge is 0.352 e. The van der Waals surface area contributed by atoms with Crippen molar-refractivity contribution < 1.29 is 13.2 Å². The Hall–Kier alpha value is -2.32. The predicted octanol–water partition coefficient (Wildman–Crippen LogP) is 2.73. The van der Waals surface area contributed by atoms with E-state index in [-0.39, 0.29) is 29.2 Å². The number of hydrogen-bond donors (Lipinski definition) is 1. The molecule has 1 atom stereocenters. The Balaban J connectivity index is 1.54. The molecule has 1 amide bonds. The van der Waals surface area contributed by atoms with Crippen molar-refractivity contribution in [2.75, 3.05) is 17.3 Å². The minimum absolute atomic E-state index is 0.0330. The second-order valence-corrected chi connectivity index (χ2v) is 10.2. The maximum absolute atomic E-state index is 12.3. The Morgan fingerprint density at radius 1 is 1.21 bits per heavy atom.